The SMILES string of the molecule is Cc1ccc(S(=O)(=O)NCC(OCCS)c2ccc(Cl)cc2)cc1. The van der Waals surface area contributed by atoms with Crippen LogP contribution in [0.4, 0.5) is 0 Å². The van der Waals surface area contributed by atoms with Crippen LogP contribution in [0.3, 0.4) is 0 Å². The van der Waals surface area contributed by atoms with Gasteiger partial charge in [0.05, 0.1) is 17.6 Å². The van der Waals surface area contributed by atoms with Gasteiger partial charge in [-0.05, 0) is 36.8 Å². The summed E-state index contributed by atoms with van der Waals surface area (Å²) < 4.78 is 33.1. The quantitative estimate of drug-likeness (QED) is 0.682. The molecule has 0 aliphatic carbocycles. The molecule has 0 radical (unpaired) electrons. The van der Waals surface area contributed by atoms with Gasteiger partial charge in [0.2, 0.25) is 10.0 Å². The number of hydrogen-bond acceptors (Lipinski definition) is 4. The van der Waals surface area contributed by atoms with Crippen molar-refractivity contribution in [3.63, 3.8) is 0 Å². The molecule has 0 fully saturated rings. The van der Waals surface area contributed by atoms with E-state index in [-0.39, 0.29) is 11.4 Å². The minimum absolute atomic E-state index is 0.131. The third-order valence-electron chi connectivity index (χ3n) is 3.44. The molecule has 0 saturated heterocycles. The largest absolute Gasteiger partial charge is 0.371 e. The van der Waals surface area contributed by atoms with Crippen molar-refractivity contribution in [1.82, 2.24) is 4.72 Å². The second-order valence-electron chi connectivity index (χ2n) is 5.30. The maximum atomic E-state index is 12.4. The van der Waals surface area contributed by atoms with Gasteiger partial charge in [0.1, 0.15) is 0 Å². The average Bonchev–Trinajstić information content (AvgIpc) is 2.56. The van der Waals surface area contributed by atoms with Gasteiger partial charge in [-0.1, -0.05) is 41.4 Å². The highest BCUT2D eigenvalue weighted by Gasteiger charge is 2.18. The third kappa shape index (κ3) is 5.50. The fourth-order valence-electron chi connectivity index (χ4n) is 2.13. The summed E-state index contributed by atoms with van der Waals surface area (Å²) in [6.07, 6.45) is -0.408. The number of thiol groups is 1. The van der Waals surface area contributed by atoms with Crippen LogP contribution in [-0.4, -0.2) is 27.3 Å². The molecule has 0 aliphatic rings. The number of hydrogen-bond donors (Lipinski definition) is 2. The van der Waals surface area contributed by atoms with Crippen molar-refractivity contribution in [2.45, 2.75) is 17.9 Å². The average molecular weight is 386 g/mol. The number of rotatable bonds is 8. The van der Waals surface area contributed by atoms with Crippen LogP contribution in [0.1, 0.15) is 17.2 Å². The summed E-state index contributed by atoms with van der Waals surface area (Å²) in [7, 11) is -3.59. The van der Waals surface area contributed by atoms with Gasteiger partial charge in [-0.15, -0.1) is 0 Å². The lowest BCUT2D eigenvalue weighted by Gasteiger charge is -2.19. The monoisotopic (exact) mass is 385 g/mol. The maximum absolute atomic E-state index is 12.4. The van der Waals surface area contributed by atoms with Crippen LogP contribution in [0.2, 0.25) is 5.02 Å². The molecule has 0 aliphatic heterocycles. The first-order valence-corrected chi connectivity index (χ1v) is 9.96. The highest BCUT2D eigenvalue weighted by Crippen LogP contribution is 2.20. The van der Waals surface area contributed by atoms with E-state index in [0.717, 1.165) is 11.1 Å². The lowest BCUT2D eigenvalue weighted by atomic mass is 10.1. The van der Waals surface area contributed by atoms with Crippen molar-refractivity contribution in [2.75, 3.05) is 18.9 Å². The van der Waals surface area contributed by atoms with Gasteiger partial charge in [-0.25, -0.2) is 13.1 Å². The highest BCUT2D eigenvalue weighted by atomic mass is 35.5. The van der Waals surface area contributed by atoms with Crippen LogP contribution in [0.15, 0.2) is 53.4 Å². The van der Waals surface area contributed by atoms with Crippen molar-refractivity contribution in [3.05, 3.63) is 64.7 Å². The Labute approximate surface area is 153 Å². The number of benzene rings is 2. The molecule has 2 aromatic rings. The standard InChI is InChI=1S/C17H20ClNO3S2/c1-13-2-8-16(9-3-13)24(20,21)19-12-17(22-10-11-23)14-4-6-15(18)7-5-14/h2-9,17,19,23H,10-12H2,1H3. The first-order chi connectivity index (χ1) is 11.4. The summed E-state index contributed by atoms with van der Waals surface area (Å²) >= 11 is 10.0. The Balaban J connectivity index is 2.11. The number of aryl methyl sites for hydroxylation is 1. The number of ether oxygens (including phenoxy) is 1. The minimum Gasteiger partial charge on any atom is -0.371 e. The van der Waals surface area contributed by atoms with E-state index in [2.05, 4.69) is 17.4 Å². The third-order valence-corrected chi connectivity index (χ3v) is 5.32. The minimum atomic E-state index is -3.59. The Morgan fingerprint density at radius 1 is 1.12 bits per heavy atom. The molecular weight excluding hydrogens is 366 g/mol. The fraction of sp³-hybridized carbons (Fsp3) is 0.294. The van der Waals surface area contributed by atoms with E-state index >= 15 is 0 Å². The molecule has 1 N–H and O–H groups in total. The van der Waals surface area contributed by atoms with E-state index in [1.807, 2.05) is 19.1 Å². The summed E-state index contributed by atoms with van der Waals surface area (Å²) in [6.45, 7) is 2.46. The van der Waals surface area contributed by atoms with Crippen LogP contribution >= 0.6 is 24.2 Å². The van der Waals surface area contributed by atoms with Crippen molar-refractivity contribution >= 4 is 34.3 Å². The molecule has 2 rings (SSSR count). The molecule has 0 aromatic heterocycles. The number of sulfonamides is 1. The molecule has 0 amide bonds. The lowest BCUT2D eigenvalue weighted by molar-refractivity contribution is 0.0683. The fourth-order valence-corrected chi connectivity index (χ4v) is 3.39. The molecule has 1 atom stereocenters. The molecule has 0 heterocycles. The van der Waals surface area contributed by atoms with Gasteiger partial charge in [0.25, 0.3) is 0 Å². The first kappa shape index (κ1) is 19.3. The Bertz CT molecular complexity index is 746. The van der Waals surface area contributed by atoms with Crippen LogP contribution in [0.5, 0.6) is 0 Å². The summed E-state index contributed by atoms with van der Waals surface area (Å²) in [5.41, 5.74) is 1.86. The first-order valence-electron chi connectivity index (χ1n) is 7.46. The van der Waals surface area contributed by atoms with Gasteiger partial charge < -0.3 is 4.74 Å². The van der Waals surface area contributed by atoms with Crippen LogP contribution in [-0.2, 0) is 14.8 Å². The highest BCUT2D eigenvalue weighted by molar-refractivity contribution is 7.89. The van der Waals surface area contributed by atoms with Crippen LogP contribution < -0.4 is 4.72 Å². The van der Waals surface area contributed by atoms with Gasteiger partial charge in [-0.2, -0.15) is 12.6 Å². The van der Waals surface area contributed by atoms with Crippen molar-refractivity contribution < 1.29 is 13.2 Å². The second-order valence-corrected chi connectivity index (χ2v) is 7.95. The molecule has 0 spiro atoms. The number of nitrogens with one attached hydrogen (secondary N) is 1. The lowest BCUT2D eigenvalue weighted by Crippen LogP contribution is -2.30. The second kappa shape index (κ2) is 8.87. The molecule has 4 nitrogen and oxygen atoms in total. The molecule has 0 saturated carbocycles. The molecule has 2 aromatic carbocycles. The van der Waals surface area contributed by atoms with E-state index in [1.165, 1.54) is 0 Å². The van der Waals surface area contributed by atoms with E-state index in [9.17, 15) is 8.42 Å². The summed E-state index contributed by atoms with van der Waals surface area (Å²) in [5.74, 6) is 0.550. The molecule has 130 valence electrons. The zero-order valence-corrected chi connectivity index (χ0v) is 15.7. The summed E-state index contributed by atoms with van der Waals surface area (Å²) in [5, 5.41) is 0.618. The number of halogens is 1. The van der Waals surface area contributed by atoms with Gasteiger partial charge in [-0.3, -0.25) is 0 Å². The van der Waals surface area contributed by atoms with E-state index < -0.39 is 16.1 Å². The Morgan fingerprint density at radius 3 is 2.33 bits per heavy atom. The topological polar surface area (TPSA) is 55.4 Å². The zero-order valence-electron chi connectivity index (χ0n) is 13.3. The van der Waals surface area contributed by atoms with Crippen molar-refractivity contribution in [2.24, 2.45) is 0 Å². The van der Waals surface area contributed by atoms with Crippen LogP contribution in [0.25, 0.3) is 0 Å². The maximum Gasteiger partial charge on any atom is 0.240 e. The Hall–Kier alpha value is -1.05. The molecule has 7 heteroatoms. The van der Waals surface area contributed by atoms with Crippen molar-refractivity contribution in [1.29, 1.82) is 0 Å². The smallest absolute Gasteiger partial charge is 0.240 e. The predicted molar refractivity (Wildman–Crippen MR) is 100 cm³/mol. The molecular formula is C17H20ClNO3S2. The van der Waals surface area contributed by atoms with Gasteiger partial charge in [0.15, 0.2) is 0 Å². The van der Waals surface area contributed by atoms with Gasteiger partial charge in [0, 0.05) is 17.3 Å². The van der Waals surface area contributed by atoms with Crippen LogP contribution in [0, 0.1) is 6.92 Å². The Kier molecular flexibility index (Phi) is 7.13. The van der Waals surface area contributed by atoms with E-state index in [1.54, 1.807) is 36.4 Å². The summed E-state index contributed by atoms with van der Waals surface area (Å²) in [6, 6.07) is 13.9. The molecule has 1 unspecified atom stereocenters. The normalized spacial score (nSPS) is 13.0. The van der Waals surface area contributed by atoms with Crippen molar-refractivity contribution in [3.8, 4) is 0 Å². The Morgan fingerprint density at radius 2 is 1.75 bits per heavy atom. The van der Waals surface area contributed by atoms with Gasteiger partial charge >= 0.3 is 0 Å². The zero-order chi connectivity index (χ0) is 17.6. The predicted octanol–water partition coefficient (Wildman–Crippen LogP) is 3.61. The molecule has 0 bridgehead atoms. The van der Waals surface area contributed by atoms with E-state index in [4.69, 9.17) is 16.3 Å². The van der Waals surface area contributed by atoms with E-state index in [0.29, 0.717) is 17.4 Å². The molecule has 24 heavy (non-hydrogen) atoms. The summed E-state index contributed by atoms with van der Waals surface area (Å²) in [4.78, 5) is 0.233.